The molecular formula is C11H14O3. The molecule has 0 amide bonds. The van der Waals surface area contributed by atoms with E-state index in [2.05, 4.69) is 0 Å². The largest absolute Gasteiger partial charge is 0.497 e. The smallest absolute Gasteiger partial charge is 0.132 e. The number of Topliss-reactive ketones (excluding diaryl/α,β-unsaturated/α-hetero) is 1. The van der Waals surface area contributed by atoms with Gasteiger partial charge in [0.05, 0.1) is 13.2 Å². The van der Waals surface area contributed by atoms with Gasteiger partial charge in [0.15, 0.2) is 0 Å². The summed E-state index contributed by atoms with van der Waals surface area (Å²) in [6.45, 7) is 1.46. The zero-order valence-corrected chi connectivity index (χ0v) is 8.36. The number of aliphatic hydroxyl groups excluding tert-OH is 1. The molecule has 0 fully saturated rings. The molecule has 1 unspecified atom stereocenters. The number of hydrogen-bond donors (Lipinski definition) is 1. The Kier molecular flexibility index (Phi) is 3.65. The normalized spacial score (nSPS) is 12.2. The summed E-state index contributed by atoms with van der Waals surface area (Å²) in [4.78, 5) is 10.8. The van der Waals surface area contributed by atoms with Gasteiger partial charge in [0.1, 0.15) is 11.5 Å². The zero-order valence-electron chi connectivity index (χ0n) is 8.36. The summed E-state index contributed by atoms with van der Waals surface area (Å²) in [5.74, 6) is 0.658. The number of ketones is 1. The lowest BCUT2D eigenvalue weighted by Crippen LogP contribution is -2.03. The van der Waals surface area contributed by atoms with Gasteiger partial charge in [0.25, 0.3) is 0 Å². The maximum atomic E-state index is 10.8. The van der Waals surface area contributed by atoms with Crippen molar-refractivity contribution in [3.63, 3.8) is 0 Å². The van der Waals surface area contributed by atoms with Gasteiger partial charge in [-0.05, 0) is 24.6 Å². The van der Waals surface area contributed by atoms with E-state index in [1.54, 1.807) is 31.4 Å². The van der Waals surface area contributed by atoms with E-state index in [-0.39, 0.29) is 12.2 Å². The highest BCUT2D eigenvalue weighted by Gasteiger charge is 2.10. The van der Waals surface area contributed by atoms with Crippen LogP contribution < -0.4 is 4.74 Å². The van der Waals surface area contributed by atoms with Crippen LogP contribution in [0.25, 0.3) is 0 Å². The molecule has 1 N–H and O–H groups in total. The first kappa shape index (κ1) is 10.7. The van der Waals surface area contributed by atoms with Crippen molar-refractivity contribution in [2.45, 2.75) is 19.4 Å². The first-order valence-electron chi connectivity index (χ1n) is 4.45. The molecule has 0 radical (unpaired) electrons. The SMILES string of the molecule is COc1cccc(C(O)CC(C)=O)c1. The second-order valence-corrected chi connectivity index (χ2v) is 3.20. The Morgan fingerprint density at radius 3 is 2.86 bits per heavy atom. The number of rotatable bonds is 4. The van der Waals surface area contributed by atoms with Crippen LogP contribution in [0.4, 0.5) is 0 Å². The van der Waals surface area contributed by atoms with Crippen LogP contribution in [-0.2, 0) is 4.79 Å². The fraction of sp³-hybridized carbons (Fsp3) is 0.364. The predicted octanol–water partition coefficient (Wildman–Crippen LogP) is 1.71. The molecule has 0 aromatic heterocycles. The van der Waals surface area contributed by atoms with Crippen LogP contribution in [0.5, 0.6) is 5.75 Å². The monoisotopic (exact) mass is 194 g/mol. The molecule has 0 saturated carbocycles. The van der Waals surface area contributed by atoms with E-state index >= 15 is 0 Å². The standard InChI is InChI=1S/C11H14O3/c1-8(12)6-11(13)9-4-3-5-10(7-9)14-2/h3-5,7,11,13H,6H2,1-2H3. The number of carbonyl (C=O) groups excluding carboxylic acids is 1. The summed E-state index contributed by atoms with van der Waals surface area (Å²) in [7, 11) is 1.57. The summed E-state index contributed by atoms with van der Waals surface area (Å²) in [6, 6.07) is 7.09. The molecule has 0 heterocycles. The molecule has 0 aliphatic heterocycles. The average molecular weight is 194 g/mol. The molecule has 1 aromatic rings. The molecule has 0 saturated heterocycles. The number of carbonyl (C=O) groups is 1. The van der Waals surface area contributed by atoms with Crippen molar-refractivity contribution in [1.82, 2.24) is 0 Å². The molecule has 3 heteroatoms. The minimum absolute atomic E-state index is 0.0275. The summed E-state index contributed by atoms with van der Waals surface area (Å²) in [5, 5.41) is 9.63. The highest BCUT2D eigenvalue weighted by molar-refractivity contribution is 5.76. The third-order valence-electron chi connectivity index (χ3n) is 1.96. The van der Waals surface area contributed by atoms with Gasteiger partial charge in [-0.15, -0.1) is 0 Å². The molecule has 1 aromatic carbocycles. The number of hydrogen-bond acceptors (Lipinski definition) is 3. The Morgan fingerprint density at radius 2 is 2.29 bits per heavy atom. The quantitative estimate of drug-likeness (QED) is 0.793. The molecule has 0 aliphatic rings. The van der Waals surface area contributed by atoms with Crippen molar-refractivity contribution in [1.29, 1.82) is 0 Å². The molecular weight excluding hydrogens is 180 g/mol. The van der Waals surface area contributed by atoms with Crippen LogP contribution in [-0.4, -0.2) is 18.0 Å². The Balaban J connectivity index is 2.78. The summed E-state index contributed by atoms with van der Waals surface area (Å²) >= 11 is 0. The lowest BCUT2D eigenvalue weighted by Gasteiger charge is -2.09. The first-order chi connectivity index (χ1) is 6.63. The minimum atomic E-state index is -0.734. The van der Waals surface area contributed by atoms with E-state index in [0.29, 0.717) is 11.3 Å². The summed E-state index contributed by atoms with van der Waals surface area (Å²) in [5.41, 5.74) is 0.708. The van der Waals surface area contributed by atoms with Gasteiger partial charge in [-0.2, -0.15) is 0 Å². The Morgan fingerprint density at radius 1 is 1.57 bits per heavy atom. The van der Waals surface area contributed by atoms with Gasteiger partial charge >= 0.3 is 0 Å². The van der Waals surface area contributed by atoms with Gasteiger partial charge in [-0.25, -0.2) is 0 Å². The van der Waals surface area contributed by atoms with E-state index in [9.17, 15) is 9.90 Å². The van der Waals surface area contributed by atoms with Gasteiger partial charge < -0.3 is 9.84 Å². The molecule has 14 heavy (non-hydrogen) atoms. The number of ether oxygens (including phenoxy) is 1. The number of benzene rings is 1. The van der Waals surface area contributed by atoms with Gasteiger partial charge in [0.2, 0.25) is 0 Å². The third-order valence-corrected chi connectivity index (χ3v) is 1.96. The molecule has 0 aliphatic carbocycles. The maximum absolute atomic E-state index is 10.8. The molecule has 3 nitrogen and oxygen atoms in total. The van der Waals surface area contributed by atoms with Crippen LogP contribution in [0.1, 0.15) is 25.0 Å². The average Bonchev–Trinajstić information content (AvgIpc) is 2.17. The van der Waals surface area contributed by atoms with E-state index in [1.807, 2.05) is 0 Å². The van der Waals surface area contributed by atoms with E-state index < -0.39 is 6.10 Å². The Hall–Kier alpha value is -1.35. The lowest BCUT2D eigenvalue weighted by molar-refractivity contribution is -0.118. The van der Waals surface area contributed by atoms with Crippen molar-refractivity contribution < 1.29 is 14.6 Å². The highest BCUT2D eigenvalue weighted by atomic mass is 16.5. The van der Waals surface area contributed by atoms with Crippen molar-refractivity contribution in [2.75, 3.05) is 7.11 Å². The first-order valence-corrected chi connectivity index (χ1v) is 4.45. The van der Waals surface area contributed by atoms with Gasteiger partial charge in [-0.1, -0.05) is 12.1 Å². The third kappa shape index (κ3) is 2.85. The minimum Gasteiger partial charge on any atom is -0.497 e. The molecule has 0 bridgehead atoms. The fourth-order valence-corrected chi connectivity index (χ4v) is 1.24. The highest BCUT2D eigenvalue weighted by Crippen LogP contribution is 2.21. The Labute approximate surface area is 83.3 Å². The zero-order chi connectivity index (χ0) is 10.6. The Bertz CT molecular complexity index is 320. The van der Waals surface area contributed by atoms with E-state index in [0.717, 1.165) is 0 Å². The van der Waals surface area contributed by atoms with Crippen molar-refractivity contribution in [3.8, 4) is 5.75 Å². The van der Waals surface area contributed by atoms with Crippen molar-refractivity contribution in [2.24, 2.45) is 0 Å². The summed E-state index contributed by atoms with van der Waals surface area (Å²) in [6.07, 6.45) is -0.588. The maximum Gasteiger partial charge on any atom is 0.132 e. The van der Waals surface area contributed by atoms with Crippen molar-refractivity contribution in [3.05, 3.63) is 29.8 Å². The molecule has 1 rings (SSSR count). The molecule has 0 spiro atoms. The van der Waals surface area contributed by atoms with Gasteiger partial charge in [-0.3, -0.25) is 4.79 Å². The van der Waals surface area contributed by atoms with Gasteiger partial charge in [0, 0.05) is 6.42 Å². The van der Waals surface area contributed by atoms with Crippen LogP contribution in [0.3, 0.4) is 0 Å². The van der Waals surface area contributed by atoms with Crippen molar-refractivity contribution >= 4 is 5.78 Å². The van der Waals surface area contributed by atoms with Crippen LogP contribution in [0.15, 0.2) is 24.3 Å². The van der Waals surface area contributed by atoms with Crippen LogP contribution in [0, 0.1) is 0 Å². The predicted molar refractivity (Wildman–Crippen MR) is 53.3 cm³/mol. The fourth-order valence-electron chi connectivity index (χ4n) is 1.24. The molecule has 1 atom stereocenters. The van der Waals surface area contributed by atoms with Crippen LogP contribution in [0.2, 0.25) is 0 Å². The molecule has 76 valence electrons. The second kappa shape index (κ2) is 4.77. The topological polar surface area (TPSA) is 46.5 Å². The van der Waals surface area contributed by atoms with E-state index in [4.69, 9.17) is 4.74 Å². The van der Waals surface area contributed by atoms with E-state index in [1.165, 1.54) is 6.92 Å². The number of aliphatic hydroxyl groups is 1. The second-order valence-electron chi connectivity index (χ2n) is 3.20. The summed E-state index contributed by atoms with van der Waals surface area (Å²) < 4.78 is 5.01. The lowest BCUT2D eigenvalue weighted by atomic mass is 10.0. The van der Waals surface area contributed by atoms with Crippen LogP contribution >= 0.6 is 0 Å². The number of methoxy groups -OCH3 is 1.